The lowest BCUT2D eigenvalue weighted by molar-refractivity contribution is 0.647. The molecule has 0 bridgehead atoms. The maximum Gasteiger partial charge on any atom is 0.0485 e. The topological polar surface area (TPSA) is 12.0 Å². The van der Waals surface area contributed by atoms with Gasteiger partial charge in [-0.25, -0.2) is 0 Å². The number of benzene rings is 2. The molecule has 1 nitrogen and oxygen atoms in total. The molecule has 2 heteroatoms. The van der Waals surface area contributed by atoms with Crippen LogP contribution in [-0.2, 0) is 6.42 Å². The van der Waals surface area contributed by atoms with Crippen molar-refractivity contribution in [3.05, 3.63) is 63.6 Å². The summed E-state index contributed by atoms with van der Waals surface area (Å²) in [6, 6.07) is 15.6. The fraction of sp³-hybridized carbons (Fsp3) is 0.368. The summed E-state index contributed by atoms with van der Waals surface area (Å²) in [4.78, 5) is 0. The van der Waals surface area contributed by atoms with Gasteiger partial charge in [-0.1, -0.05) is 54.0 Å². The Balaban J connectivity index is 2.07. The minimum absolute atomic E-state index is 0.304. The highest BCUT2D eigenvalue weighted by Crippen LogP contribution is 2.25. The molecule has 1 atom stereocenters. The summed E-state index contributed by atoms with van der Waals surface area (Å²) in [6.07, 6.45) is 1.15. The lowest BCUT2D eigenvalue weighted by atomic mass is 9.99. The Morgan fingerprint density at radius 3 is 2.24 bits per heavy atom. The van der Waals surface area contributed by atoms with E-state index in [4.69, 9.17) is 0 Å². The third-order valence-electron chi connectivity index (χ3n) is 3.68. The van der Waals surface area contributed by atoms with E-state index in [1.54, 1.807) is 0 Å². The van der Waals surface area contributed by atoms with Gasteiger partial charge < -0.3 is 5.32 Å². The summed E-state index contributed by atoms with van der Waals surface area (Å²) in [5, 5.41) is 3.59. The molecule has 0 heterocycles. The van der Waals surface area contributed by atoms with Crippen LogP contribution in [0.15, 0.2) is 46.9 Å². The molecule has 0 aromatic heterocycles. The van der Waals surface area contributed by atoms with Crippen molar-refractivity contribution in [2.24, 2.45) is 5.92 Å². The van der Waals surface area contributed by atoms with Gasteiger partial charge in [-0.3, -0.25) is 0 Å². The summed E-state index contributed by atoms with van der Waals surface area (Å²) in [5.41, 5.74) is 5.19. The smallest absolute Gasteiger partial charge is 0.0485 e. The molecule has 0 aliphatic rings. The van der Waals surface area contributed by atoms with E-state index in [-0.39, 0.29) is 0 Å². The Labute approximate surface area is 136 Å². The first-order chi connectivity index (χ1) is 9.95. The summed E-state index contributed by atoms with van der Waals surface area (Å²) in [7, 11) is 0. The van der Waals surface area contributed by atoms with E-state index in [0.717, 1.165) is 10.9 Å². The molecule has 0 amide bonds. The predicted octanol–water partition coefficient (Wildman–Crippen LogP) is 6.13. The molecule has 0 fully saturated rings. The fourth-order valence-corrected chi connectivity index (χ4v) is 2.99. The number of hydrogen-bond acceptors (Lipinski definition) is 1. The van der Waals surface area contributed by atoms with Crippen molar-refractivity contribution < 1.29 is 0 Å². The van der Waals surface area contributed by atoms with E-state index >= 15 is 0 Å². The Morgan fingerprint density at radius 2 is 1.67 bits per heavy atom. The molecule has 2 aromatic rings. The molecule has 0 aliphatic heterocycles. The average molecular weight is 346 g/mol. The van der Waals surface area contributed by atoms with E-state index in [2.05, 4.69) is 91.4 Å². The minimum Gasteiger partial charge on any atom is -0.378 e. The molecule has 0 saturated heterocycles. The van der Waals surface area contributed by atoms with Crippen molar-refractivity contribution in [3.8, 4) is 0 Å². The van der Waals surface area contributed by atoms with Crippen LogP contribution in [0.5, 0.6) is 0 Å². The Hall–Kier alpha value is -1.28. The van der Waals surface area contributed by atoms with Gasteiger partial charge in [0.15, 0.2) is 0 Å². The summed E-state index contributed by atoms with van der Waals surface area (Å²) < 4.78 is 1.12. The Kier molecular flexibility index (Phi) is 5.46. The van der Waals surface area contributed by atoms with Crippen LogP contribution in [0.2, 0.25) is 0 Å². The normalized spacial score (nSPS) is 12.5. The van der Waals surface area contributed by atoms with Crippen molar-refractivity contribution in [2.75, 3.05) is 5.32 Å². The number of anilines is 1. The van der Waals surface area contributed by atoms with Crippen LogP contribution >= 0.6 is 15.9 Å². The molecule has 112 valence electrons. The van der Waals surface area contributed by atoms with Gasteiger partial charge in [0.1, 0.15) is 0 Å². The second-order valence-electron chi connectivity index (χ2n) is 6.16. The molecule has 0 radical (unpaired) electrons. The number of halogens is 1. The zero-order chi connectivity index (χ0) is 15.4. The zero-order valence-electron chi connectivity index (χ0n) is 13.3. The average Bonchev–Trinajstić information content (AvgIpc) is 2.42. The number of hydrogen-bond donors (Lipinski definition) is 1. The van der Waals surface area contributed by atoms with Gasteiger partial charge in [0, 0.05) is 16.2 Å². The predicted molar refractivity (Wildman–Crippen MR) is 95.9 cm³/mol. The maximum atomic E-state index is 3.59. The first-order valence-corrected chi connectivity index (χ1v) is 8.36. The van der Waals surface area contributed by atoms with Crippen molar-refractivity contribution in [1.82, 2.24) is 0 Å². The van der Waals surface area contributed by atoms with Gasteiger partial charge in [-0.05, 0) is 61.1 Å². The molecule has 1 unspecified atom stereocenters. The highest BCUT2D eigenvalue weighted by atomic mass is 79.9. The number of rotatable bonds is 5. The zero-order valence-corrected chi connectivity index (χ0v) is 14.9. The van der Waals surface area contributed by atoms with Gasteiger partial charge >= 0.3 is 0 Å². The molecule has 0 spiro atoms. The molecular weight excluding hydrogens is 322 g/mol. The standard InChI is InChI=1S/C19H24BrN/c1-13(2)11-16-5-7-17(8-6-16)15(4)21-19-10-9-18(20)12-14(19)3/h5-10,12-13,15,21H,11H2,1-4H3. The molecular formula is C19H24BrN. The highest BCUT2D eigenvalue weighted by Gasteiger charge is 2.07. The quantitative estimate of drug-likeness (QED) is 0.687. The third-order valence-corrected chi connectivity index (χ3v) is 4.18. The number of nitrogens with one attached hydrogen (secondary N) is 1. The molecule has 1 N–H and O–H groups in total. The van der Waals surface area contributed by atoms with Crippen LogP contribution in [0.25, 0.3) is 0 Å². The van der Waals surface area contributed by atoms with Crippen molar-refractivity contribution >= 4 is 21.6 Å². The monoisotopic (exact) mass is 345 g/mol. The van der Waals surface area contributed by atoms with Crippen molar-refractivity contribution in [1.29, 1.82) is 0 Å². The first kappa shape index (κ1) is 16.1. The van der Waals surface area contributed by atoms with Crippen LogP contribution in [0, 0.1) is 12.8 Å². The molecule has 2 aromatic carbocycles. The SMILES string of the molecule is Cc1cc(Br)ccc1NC(C)c1ccc(CC(C)C)cc1. The van der Waals surface area contributed by atoms with E-state index < -0.39 is 0 Å². The second kappa shape index (κ2) is 7.13. The lowest BCUT2D eigenvalue weighted by Gasteiger charge is -2.18. The van der Waals surface area contributed by atoms with E-state index in [9.17, 15) is 0 Å². The van der Waals surface area contributed by atoms with Gasteiger partial charge in [0.2, 0.25) is 0 Å². The maximum absolute atomic E-state index is 3.59. The summed E-state index contributed by atoms with van der Waals surface area (Å²) in [6.45, 7) is 8.85. The van der Waals surface area contributed by atoms with Crippen molar-refractivity contribution in [2.45, 2.75) is 40.2 Å². The lowest BCUT2D eigenvalue weighted by Crippen LogP contribution is -2.07. The molecule has 0 aliphatic carbocycles. The highest BCUT2D eigenvalue weighted by molar-refractivity contribution is 9.10. The molecule has 21 heavy (non-hydrogen) atoms. The summed E-state index contributed by atoms with van der Waals surface area (Å²) >= 11 is 3.51. The van der Waals surface area contributed by atoms with Crippen LogP contribution in [0.4, 0.5) is 5.69 Å². The van der Waals surface area contributed by atoms with Crippen molar-refractivity contribution in [3.63, 3.8) is 0 Å². The van der Waals surface area contributed by atoms with Crippen LogP contribution in [-0.4, -0.2) is 0 Å². The van der Waals surface area contributed by atoms with E-state index in [1.165, 1.54) is 22.4 Å². The Bertz CT molecular complexity index is 587. The van der Waals surface area contributed by atoms with Gasteiger partial charge in [-0.2, -0.15) is 0 Å². The van der Waals surface area contributed by atoms with Gasteiger partial charge in [0.05, 0.1) is 0 Å². The first-order valence-electron chi connectivity index (χ1n) is 7.57. The van der Waals surface area contributed by atoms with Gasteiger partial charge in [-0.15, -0.1) is 0 Å². The van der Waals surface area contributed by atoms with Crippen LogP contribution in [0.3, 0.4) is 0 Å². The Morgan fingerprint density at radius 1 is 1.00 bits per heavy atom. The third kappa shape index (κ3) is 4.60. The molecule has 0 saturated carbocycles. The van der Waals surface area contributed by atoms with Gasteiger partial charge in [0.25, 0.3) is 0 Å². The van der Waals surface area contributed by atoms with Crippen LogP contribution in [0.1, 0.15) is 43.5 Å². The number of aryl methyl sites for hydroxylation is 1. The largest absolute Gasteiger partial charge is 0.378 e. The van der Waals surface area contributed by atoms with E-state index in [0.29, 0.717) is 12.0 Å². The fourth-order valence-electron chi connectivity index (χ4n) is 2.52. The van der Waals surface area contributed by atoms with E-state index in [1.807, 2.05) is 0 Å². The van der Waals surface area contributed by atoms with Crippen LogP contribution < -0.4 is 5.32 Å². The minimum atomic E-state index is 0.304. The summed E-state index contributed by atoms with van der Waals surface area (Å²) in [5.74, 6) is 0.705. The second-order valence-corrected chi connectivity index (χ2v) is 7.08. The molecule has 2 rings (SSSR count).